The van der Waals surface area contributed by atoms with Crippen LogP contribution in [0.1, 0.15) is 27.6 Å². The molecule has 0 heterocycles. The number of carbonyl (C=O) groups is 3. The number of rotatable bonds is 7. The van der Waals surface area contributed by atoms with E-state index < -0.39 is 22.9 Å². The van der Waals surface area contributed by atoms with E-state index in [4.69, 9.17) is 11.6 Å². The zero-order valence-corrected chi connectivity index (χ0v) is 18.3. The van der Waals surface area contributed by atoms with Crippen molar-refractivity contribution in [2.75, 3.05) is 10.6 Å². The molecule has 2 amide bonds. The van der Waals surface area contributed by atoms with Crippen LogP contribution in [0, 0.1) is 5.82 Å². The second kappa shape index (κ2) is 10.3. The third-order valence-corrected chi connectivity index (χ3v) is 5.75. The number of anilines is 2. The lowest BCUT2D eigenvalue weighted by Gasteiger charge is -2.13. The van der Waals surface area contributed by atoms with Crippen LogP contribution in [0.2, 0.25) is 5.02 Å². The van der Waals surface area contributed by atoms with Gasteiger partial charge >= 0.3 is 5.97 Å². The van der Waals surface area contributed by atoms with Crippen LogP contribution in [0.4, 0.5) is 15.8 Å². The Balaban J connectivity index is 1.66. The first-order chi connectivity index (χ1) is 15.2. The maximum atomic E-state index is 13.3. The van der Waals surface area contributed by atoms with E-state index in [9.17, 15) is 23.9 Å². The van der Waals surface area contributed by atoms with Crippen molar-refractivity contribution in [3.05, 3.63) is 88.7 Å². The molecule has 3 N–H and O–H groups in total. The van der Waals surface area contributed by atoms with Crippen LogP contribution >= 0.6 is 23.4 Å². The van der Waals surface area contributed by atoms with Crippen molar-refractivity contribution in [2.24, 2.45) is 0 Å². The van der Waals surface area contributed by atoms with Crippen molar-refractivity contribution in [1.29, 1.82) is 0 Å². The molecule has 164 valence electrons. The van der Waals surface area contributed by atoms with Gasteiger partial charge in [0.05, 0.1) is 21.4 Å². The van der Waals surface area contributed by atoms with Gasteiger partial charge in [0.2, 0.25) is 5.91 Å². The molecule has 0 aliphatic carbocycles. The monoisotopic (exact) mass is 472 g/mol. The summed E-state index contributed by atoms with van der Waals surface area (Å²) in [5, 5.41) is 14.0. The van der Waals surface area contributed by atoms with Gasteiger partial charge < -0.3 is 15.7 Å². The first kappa shape index (κ1) is 23.3. The number of carbonyl (C=O) groups excluding carboxylic acids is 2. The normalized spacial score (nSPS) is 11.5. The van der Waals surface area contributed by atoms with Crippen LogP contribution < -0.4 is 10.6 Å². The fourth-order valence-corrected chi connectivity index (χ4v) is 3.90. The second-order valence-corrected chi connectivity index (χ2v) is 8.53. The Morgan fingerprint density at radius 1 is 0.938 bits per heavy atom. The van der Waals surface area contributed by atoms with Gasteiger partial charge in [-0.2, -0.15) is 0 Å². The van der Waals surface area contributed by atoms with Crippen molar-refractivity contribution >= 4 is 52.5 Å². The Bertz CT molecular complexity index is 1190. The predicted molar refractivity (Wildman–Crippen MR) is 123 cm³/mol. The lowest BCUT2D eigenvalue weighted by Crippen LogP contribution is -2.22. The Hall–Kier alpha value is -3.36. The third kappa shape index (κ3) is 5.87. The Kier molecular flexibility index (Phi) is 7.50. The summed E-state index contributed by atoms with van der Waals surface area (Å²) in [5.41, 5.74) is 0.788. The summed E-state index contributed by atoms with van der Waals surface area (Å²) >= 11 is 7.00. The Morgan fingerprint density at radius 3 is 2.31 bits per heavy atom. The van der Waals surface area contributed by atoms with Crippen LogP contribution in [0.5, 0.6) is 0 Å². The number of hydrogen-bond acceptors (Lipinski definition) is 4. The Labute approximate surface area is 192 Å². The number of aromatic carboxylic acids is 1. The first-order valence-electron chi connectivity index (χ1n) is 9.41. The van der Waals surface area contributed by atoms with Crippen LogP contribution in [0.25, 0.3) is 0 Å². The molecule has 0 fully saturated rings. The fraction of sp³-hybridized carbons (Fsp3) is 0.0870. The van der Waals surface area contributed by atoms with Gasteiger partial charge in [0.25, 0.3) is 5.91 Å². The van der Waals surface area contributed by atoms with Crippen molar-refractivity contribution in [3.63, 3.8) is 0 Å². The predicted octanol–water partition coefficient (Wildman–Crippen LogP) is 5.55. The molecular formula is C23H18ClFN2O4S. The zero-order valence-electron chi connectivity index (χ0n) is 16.8. The van der Waals surface area contributed by atoms with Crippen LogP contribution in [-0.2, 0) is 4.79 Å². The minimum Gasteiger partial charge on any atom is -0.478 e. The van der Waals surface area contributed by atoms with E-state index in [1.54, 1.807) is 43.3 Å². The summed E-state index contributed by atoms with van der Waals surface area (Å²) in [7, 11) is 0. The van der Waals surface area contributed by atoms with E-state index in [1.165, 1.54) is 42.1 Å². The van der Waals surface area contributed by atoms with Crippen molar-refractivity contribution in [2.45, 2.75) is 17.1 Å². The standard InChI is InChI=1S/C23H18ClFN2O4S/c1-13(21(28)26-15-9-10-20(25)19(24)12-15)32-16-6-4-5-14(11-16)27-22(29)17-7-2-3-8-18(17)23(30)31/h2-13H,1H3,(H,26,28)(H,27,29)(H,30,31). The van der Waals surface area contributed by atoms with E-state index in [1.807, 2.05) is 0 Å². The molecule has 1 unspecified atom stereocenters. The van der Waals surface area contributed by atoms with Crippen LogP contribution in [0.15, 0.2) is 71.6 Å². The molecule has 0 bridgehead atoms. The molecule has 32 heavy (non-hydrogen) atoms. The average molecular weight is 473 g/mol. The molecule has 0 aliphatic rings. The summed E-state index contributed by atoms with van der Waals surface area (Å²) in [4.78, 5) is 37.1. The first-order valence-corrected chi connectivity index (χ1v) is 10.7. The summed E-state index contributed by atoms with van der Waals surface area (Å²) in [5.74, 6) is -2.62. The highest BCUT2D eigenvalue weighted by Gasteiger charge is 2.18. The highest BCUT2D eigenvalue weighted by Crippen LogP contribution is 2.27. The molecule has 1 atom stereocenters. The van der Waals surface area contributed by atoms with Crippen molar-refractivity contribution in [3.8, 4) is 0 Å². The van der Waals surface area contributed by atoms with Gasteiger partial charge in [-0.05, 0) is 55.5 Å². The van der Waals surface area contributed by atoms with Crippen molar-refractivity contribution in [1.82, 2.24) is 0 Å². The molecule has 6 nitrogen and oxygen atoms in total. The van der Waals surface area contributed by atoms with Gasteiger partial charge in [-0.3, -0.25) is 9.59 Å². The minimum absolute atomic E-state index is 0.0451. The van der Waals surface area contributed by atoms with Gasteiger partial charge in [0.15, 0.2) is 0 Å². The summed E-state index contributed by atoms with van der Waals surface area (Å²) < 4.78 is 13.3. The fourth-order valence-electron chi connectivity index (χ4n) is 2.79. The number of nitrogens with one attached hydrogen (secondary N) is 2. The number of halogens is 2. The van der Waals surface area contributed by atoms with E-state index in [2.05, 4.69) is 10.6 Å². The quantitative estimate of drug-likeness (QED) is 0.392. The van der Waals surface area contributed by atoms with Crippen LogP contribution in [-0.4, -0.2) is 28.1 Å². The number of carboxylic acids is 1. The molecule has 0 aromatic heterocycles. The lowest BCUT2D eigenvalue weighted by molar-refractivity contribution is -0.115. The molecule has 0 spiro atoms. The highest BCUT2D eigenvalue weighted by molar-refractivity contribution is 8.00. The largest absolute Gasteiger partial charge is 0.478 e. The van der Waals surface area contributed by atoms with E-state index in [-0.39, 0.29) is 22.1 Å². The number of thioether (sulfide) groups is 1. The molecule has 3 aromatic rings. The summed E-state index contributed by atoms with van der Waals surface area (Å²) in [6, 6.07) is 16.7. The number of benzene rings is 3. The third-order valence-electron chi connectivity index (χ3n) is 4.36. The molecule has 9 heteroatoms. The van der Waals surface area contributed by atoms with Gasteiger partial charge in [0.1, 0.15) is 5.82 Å². The molecule has 3 rings (SSSR count). The number of carboxylic acid groups (broad SMARTS) is 1. The number of hydrogen-bond donors (Lipinski definition) is 3. The molecule has 0 saturated carbocycles. The Morgan fingerprint density at radius 2 is 1.62 bits per heavy atom. The zero-order chi connectivity index (χ0) is 23.3. The molecule has 3 aromatic carbocycles. The van der Waals surface area contributed by atoms with Crippen LogP contribution in [0.3, 0.4) is 0 Å². The summed E-state index contributed by atoms with van der Waals surface area (Å²) in [6.07, 6.45) is 0. The maximum absolute atomic E-state index is 13.3. The molecule has 0 aliphatic heterocycles. The van der Waals surface area contributed by atoms with Gasteiger partial charge in [0, 0.05) is 16.3 Å². The maximum Gasteiger partial charge on any atom is 0.336 e. The van der Waals surface area contributed by atoms with Gasteiger partial charge in [-0.15, -0.1) is 11.8 Å². The van der Waals surface area contributed by atoms with E-state index >= 15 is 0 Å². The average Bonchev–Trinajstić information content (AvgIpc) is 2.76. The lowest BCUT2D eigenvalue weighted by atomic mass is 10.1. The molecular weight excluding hydrogens is 455 g/mol. The van der Waals surface area contributed by atoms with Gasteiger partial charge in [-0.25, -0.2) is 9.18 Å². The molecule has 0 radical (unpaired) electrons. The van der Waals surface area contributed by atoms with E-state index in [0.29, 0.717) is 16.3 Å². The minimum atomic E-state index is -1.19. The second-order valence-electron chi connectivity index (χ2n) is 6.71. The smallest absolute Gasteiger partial charge is 0.336 e. The molecule has 0 saturated heterocycles. The van der Waals surface area contributed by atoms with Gasteiger partial charge in [-0.1, -0.05) is 29.8 Å². The number of amides is 2. The highest BCUT2D eigenvalue weighted by atomic mass is 35.5. The SMILES string of the molecule is CC(Sc1cccc(NC(=O)c2ccccc2C(=O)O)c1)C(=O)Nc1ccc(F)c(Cl)c1. The topological polar surface area (TPSA) is 95.5 Å². The summed E-state index contributed by atoms with van der Waals surface area (Å²) in [6.45, 7) is 1.71. The van der Waals surface area contributed by atoms with Crippen molar-refractivity contribution < 1.29 is 23.9 Å². The van der Waals surface area contributed by atoms with E-state index in [0.717, 1.165) is 0 Å².